The van der Waals surface area contributed by atoms with Gasteiger partial charge in [-0.25, -0.2) is 0 Å². The fourth-order valence-electron chi connectivity index (χ4n) is 1.63. The van der Waals surface area contributed by atoms with Crippen LogP contribution in [0.25, 0.3) is 0 Å². The van der Waals surface area contributed by atoms with E-state index in [0.717, 1.165) is 24.3 Å². The topological polar surface area (TPSA) is 35.2 Å². The van der Waals surface area contributed by atoms with Crippen molar-refractivity contribution in [3.05, 3.63) is 23.8 Å². The summed E-state index contributed by atoms with van der Waals surface area (Å²) in [6, 6.07) is 5.76. The third kappa shape index (κ3) is 5.38. The van der Waals surface area contributed by atoms with E-state index in [1.807, 2.05) is 32.0 Å². The molecule has 1 aromatic rings. The number of fused-ring (bicyclic) bond motifs is 1. The van der Waals surface area contributed by atoms with Gasteiger partial charge in [0.15, 0.2) is 0 Å². The Morgan fingerprint density at radius 1 is 1.35 bits per heavy atom. The average Bonchev–Trinajstić information content (AvgIpc) is 2.31. The smallest absolute Gasteiger partial charge is 0.123 e. The van der Waals surface area contributed by atoms with Gasteiger partial charge in [-0.2, -0.15) is 0 Å². The predicted octanol–water partition coefficient (Wildman–Crippen LogP) is 2.57. The zero-order chi connectivity index (χ0) is 11.3. The van der Waals surface area contributed by atoms with Gasteiger partial charge in [-0.1, -0.05) is 20.2 Å². The van der Waals surface area contributed by atoms with Crippen molar-refractivity contribution in [3.8, 4) is 5.75 Å². The average molecular weight is 321 g/mol. The number of ether oxygens (including phenoxy) is 1. The van der Waals surface area contributed by atoms with Gasteiger partial charge < -0.3 is 10.5 Å². The molecule has 0 saturated carbocycles. The number of nitrogen functional groups attached to an aromatic ring is 1. The molecule has 4 radical (unpaired) electrons. The summed E-state index contributed by atoms with van der Waals surface area (Å²) in [6.07, 6.45) is 2.77. The van der Waals surface area contributed by atoms with E-state index in [9.17, 15) is 0 Å². The number of hydrogen-bond donors (Lipinski definition) is 1. The second-order valence-electron chi connectivity index (χ2n) is 3.38. The van der Waals surface area contributed by atoms with E-state index in [-0.39, 0.29) is 39.7 Å². The zero-order valence-corrected chi connectivity index (χ0v) is 12.2. The molecule has 2 nitrogen and oxygen atoms in total. The molecule has 1 aromatic carbocycles. The molecule has 2 N–H and O–H groups in total. The van der Waals surface area contributed by atoms with Crippen molar-refractivity contribution in [1.29, 1.82) is 0 Å². The molecule has 0 aliphatic carbocycles. The van der Waals surface area contributed by atoms with E-state index >= 15 is 0 Å². The molecule has 0 spiro atoms. The molecule has 1 heterocycles. The Morgan fingerprint density at radius 3 is 2.59 bits per heavy atom. The normalized spacial score (nSPS) is 16.0. The first kappa shape index (κ1) is 19.2. The van der Waals surface area contributed by atoms with Gasteiger partial charge >= 0.3 is 0 Å². The van der Waals surface area contributed by atoms with Gasteiger partial charge in [-0.15, -0.1) is 0 Å². The van der Waals surface area contributed by atoms with Crippen LogP contribution in [0.3, 0.4) is 0 Å². The number of aryl methyl sites for hydroxylation is 1. The quantitative estimate of drug-likeness (QED) is 0.637. The summed E-state index contributed by atoms with van der Waals surface area (Å²) in [5, 5.41) is 0. The van der Waals surface area contributed by atoms with Crippen LogP contribution in [0.15, 0.2) is 18.2 Å². The van der Waals surface area contributed by atoms with Crippen molar-refractivity contribution in [1.82, 2.24) is 0 Å². The Labute approximate surface area is 126 Å². The van der Waals surface area contributed by atoms with Crippen LogP contribution in [-0.2, 0) is 40.0 Å². The van der Waals surface area contributed by atoms with Gasteiger partial charge in [-0.3, -0.25) is 0 Å². The molecule has 0 amide bonds. The van der Waals surface area contributed by atoms with Crippen LogP contribution in [0.4, 0.5) is 5.69 Å². The first-order chi connectivity index (χ1) is 7.29. The molecule has 5 heteroatoms. The second kappa shape index (κ2) is 9.88. The van der Waals surface area contributed by atoms with Crippen molar-refractivity contribution >= 4 is 13.5 Å². The van der Waals surface area contributed by atoms with Crippen molar-refractivity contribution in [2.24, 2.45) is 0 Å². The number of anilines is 1. The Kier molecular flexibility index (Phi) is 11.2. The third-order valence-corrected chi connectivity index (χ3v) is 2.38. The summed E-state index contributed by atoms with van der Waals surface area (Å²) >= 11 is 0. The van der Waals surface area contributed by atoms with Gasteiger partial charge in [0.25, 0.3) is 0 Å². The SMILES string of the molecule is CC.[B]CC1CCc2cc(N)ccc2O1.[Co].[Co]. The molecule has 0 aromatic heterocycles. The number of benzene rings is 1. The standard InChI is InChI=1S/C10H12BNO.C2H6.2Co/c11-6-9-3-1-7-5-8(12)2-4-10(7)13-9;1-2;;/h2,4-5,9H,1,3,6,12H2;1-2H3;;. The summed E-state index contributed by atoms with van der Waals surface area (Å²) in [6.45, 7) is 4.00. The van der Waals surface area contributed by atoms with Gasteiger partial charge in [0.2, 0.25) is 0 Å². The Hall–Kier alpha value is -0.102. The number of nitrogens with two attached hydrogens (primary N) is 1. The number of rotatable bonds is 1. The van der Waals surface area contributed by atoms with E-state index < -0.39 is 0 Å². The Morgan fingerprint density at radius 2 is 2.00 bits per heavy atom. The molecule has 98 valence electrons. The van der Waals surface area contributed by atoms with Crippen molar-refractivity contribution in [3.63, 3.8) is 0 Å². The van der Waals surface area contributed by atoms with Crippen molar-refractivity contribution < 1.29 is 38.3 Å². The van der Waals surface area contributed by atoms with E-state index in [4.69, 9.17) is 18.3 Å². The molecule has 1 atom stereocenters. The van der Waals surface area contributed by atoms with E-state index in [0.29, 0.717) is 6.32 Å². The molecule has 0 bridgehead atoms. The van der Waals surface area contributed by atoms with Gasteiger partial charge in [0.05, 0.1) is 14.0 Å². The van der Waals surface area contributed by atoms with Crippen LogP contribution in [0.5, 0.6) is 5.75 Å². The van der Waals surface area contributed by atoms with Gasteiger partial charge in [-0.05, 0) is 36.6 Å². The van der Waals surface area contributed by atoms with E-state index in [1.54, 1.807) is 0 Å². The summed E-state index contributed by atoms with van der Waals surface area (Å²) < 4.78 is 5.66. The Bertz CT molecular complexity index is 323. The molecule has 1 aliphatic rings. The van der Waals surface area contributed by atoms with Crippen LogP contribution < -0.4 is 10.5 Å². The monoisotopic (exact) mass is 321 g/mol. The van der Waals surface area contributed by atoms with Crippen LogP contribution in [0.2, 0.25) is 6.32 Å². The fraction of sp³-hybridized carbons (Fsp3) is 0.500. The largest absolute Gasteiger partial charge is 0.491 e. The predicted molar refractivity (Wildman–Crippen MR) is 65.5 cm³/mol. The summed E-state index contributed by atoms with van der Waals surface area (Å²) in [5.74, 6) is 0.941. The molecule has 1 unspecified atom stereocenters. The molecular formula is C12H18BCo2NO. The van der Waals surface area contributed by atoms with Crippen molar-refractivity contribution in [2.75, 3.05) is 5.73 Å². The van der Waals surface area contributed by atoms with Crippen LogP contribution in [0, 0.1) is 0 Å². The first-order valence-electron chi connectivity index (χ1n) is 5.54. The summed E-state index contributed by atoms with van der Waals surface area (Å²) in [7, 11) is 5.54. The minimum absolute atomic E-state index is 0. The summed E-state index contributed by atoms with van der Waals surface area (Å²) in [4.78, 5) is 0. The molecule has 1 aliphatic heterocycles. The van der Waals surface area contributed by atoms with E-state index in [1.165, 1.54) is 5.56 Å². The maximum atomic E-state index is 5.67. The molecular weight excluding hydrogens is 303 g/mol. The molecule has 17 heavy (non-hydrogen) atoms. The minimum Gasteiger partial charge on any atom is -0.491 e. The maximum absolute atomic E-state index is 5.67. The van der Waals surface area contributed by atoms with Gasteiger partial charge in [0, 0.05) is 39.2 Å². The van der Waals surface area contributed by atoms with Crippen molar-refractivity contribution in [2.45, 2.75) is 39.1 Å². The zero-order valence-electron chi connectivity index (χ0n) is 10.2. The second-order valence-corrected chi connectivity index (χ2v) is 3.38. The Balaban J connectivity index is 0. The molecule has 0 fully saturated rings. The molecule has 2 rings (SSSR count). The van der Waals surface area contributed by atoms with Gasteiger partial charge in [0.1, 0.15) is 5.75 Å². The van der Waals surface area contributed by atoms with E-state index in [2.05, 4.69) is 0 Å². The summed E-state index contributed by atoms with van der Waals surface area (Å²) in [5.41, 5.74) is 7.67. The molecule has 0 saturated heterocycles. The first-order valence-corrected chi connectivity index (χ1v) is 5.54. The maximum Gasteiger partial charge on any atom is 0.123 e. The van der Waals surface area contributed by atoms with Crippen LogP contribution >= 0.6 is 0 Å². The minimum atomic E-state index is 0. The fourth-order valence-corrected chi connectivity index (χ4v) is 1.63. The third-order valence-electron chi connectivity index (χ3n) is 2.38. The van der Waals surface area contributed by atoms with Crippen LogP contribution in [0.1, 0.15) is 25.8 Å². The van der Waals surface area contributed by atoms with Crippen LogP contribution in [-0.4, -0.2) is 14.0 Å². The number of hydrogen-bond acceptors (Lipinski definition) is 2.